The predicted octanol–water partition coefficient (Wildman–Crippen LogP) is 3.28. The molecule has 1 aliphatic rings. The molecular formula is C17H30N2. The van der Waals surface area contributed by atoms with Gasteiger partial charge in [0.05, 0.1) is 0 Å². The Balaban J connectivity index is 0.000000861. The second kappa shape index (κ2) is 9.11. The maximum Gasteiger partial charge on any atom is 0.0117 e. The fourth-order valence-electron chi connectivity index (χ4n) is 2.57. The van der Waals surface area contributed by atoms with E-state index in [4.69, 9.17) is 0 Å². The first-order valence-corrected chi connectivity index (χ1v) is 7.68. The minimum atomic E-state index is 0.787. The van der Waals surface area contributed by atoms with Gasteiger partial charge in [0.2, 0.25) is 0 Å². The average molecular weight is 262 g/mol. The van der Waals surface area contributed by atoms with Gasteiger partial charge in [-0.1, -0.05) is 44.2 Å². The van der Waals surface area contributed by atoms with Crippen molar-refractivity contribution in [1.29, 1.82) is 0 Å². The Morgan fingerprint density at radius 1 is 1.11 bits per heavy atom. The first-order chi connectivity index (χ1) is 9.25. The lowest BCUT2D eigenvalue weighted by Gasteiger charge is -2.35. The summed E-state index contributed by atoms with van der Waals surface area (Å²) in [6.45, 7) is 7.68. The first kappa shape index (κ1) is 16.2. The Hall–Kier alpha value is -0.860. The molecule has 0 aliphatic carbocycles. The number of hydrogen-bond acceptors (Lipinski definition) is 2. The SMILES string of the molecule is CC.CN1CCC(N(C)CCc2ccccc2)CC1. The largest absolute Gasteiger partial charge is 0.306 e. The first-order valence-electron chi connectivity index (χ1n) is 7.68. The molecule has 2 nitrogen and oxygen atoms in total. The van der Waals surface area contributed by atoms with Crippen molar-refractivity contribution < 1.29 is 0 Å². The molecule has 0 atom stereocenters. The smallest absolute Gasteiger partial charge is 0.0117 e. The van der Waals surface area contributed by atoms with E-state index in [0.717, 1.165) is 6.04 Å². The van der Waals surface area contributed by atoms with Crippen LogP contribution in [0.25, 0.3) is 0 Å². The summed E-state index contributed by atoms with van der Waals surface area (Å²) in [5.41, 5.74) is 1.45. The van der Waals surface area contributed by atoms with Crippen molar-refractivity contribution in [3.05, 3.63) is 35.9 Å². The second-order valence-corrected chi connectivity index (χ2v) is 5.25. The third kappa shape index (κ3) is 5.75. The van der Waals surface area contributed by atoms with E-state index in [9.17, 15) is 0 Å². The Morgan fingerprint density at radius 3 is 2.26 bits per heavy atom. The molecular weight excluding hydrogens is 232 g/mol. The lowest BCUT2D eigenvalue weighted by Crippen LogP contribution is -2.42. The van der Waals surface area contributed by atoms with Crippen LogP contribution in [0.5, 0.6) is 0 Å². The van der Waals surface area contributed by atoms with Crippen LogP contribution in [0.2, 0.25) is 0 Å². The van der Waals surface area contributed by atoms with Crippen molar-refractivity contribution in [2.75, 3.05) is 33.7 Å². The maximum atomic E-state index is 2.54. The molecule has 1 aromatic carbocycles. The number of likely N-dealkylation sites (tertiary alicyclic amines) is 1. The molecule has 2 rings (SSSR count). The summed E-state index contributed by atoms with van der Waals surface area (Å²) in [5.74, 6) is 0. The Labute approximate surface area is 119 Å². The number of likely N-dealkylation sites (N-methyl/N-ethyl adjacent to an activating group) is 1. The van der Waals surface area contributed by atoms with Crippen LogP contribution in [-0.4, -0.2) is 49.6 Å². The lowest BCUT2D eigenvalue weighted by molar-refractivity contribution is 0.145. The minimum Gasteiger partial charge on any atom is -0.306 e. The molecule has 0 saturated carbocycles. The van der Waals surface area contributed by atoms with Gasteiger partial charge in [0, 0.05) is 12.6 Å². The maximum absolute atomic E-state index is 2.54. The molecule has 0 aromatic heterocycles. The van der Waals surface area contributed by atoms with Gasteiger partial charge in [-0.15, -0.1) is 0 Å². The zero-order valence-corrected chi connectivity index (χ0v) is 13.1. The number of benzene rings is 1. The van der Waals surface area contributed by atoms with Crippen LogP contribution in [0.15, 0.2) is 30.3 Å². The molecule has 0 N–H and O–H groups in total. The fourth-order valence-corrected chi connectivity index (χ4v) is 2.57. The van der Waals surface area contributed by atoms with Gasteiger partial charge >= 0.3 is 0 Å². The van der Waals surface area contributed by atoms with Crippen LogP contribution in [0.3, 0.4) is 0 Å². The van der Waals surface area contributed by atoms with Gasteiger partial charge in [-0.05, 0) is 52.0 Å². The summed E-state index contributed by atoms with van der Waals surface area (Å²) < 4.78 is 0. The van der Waals surface area contributed by atoms with E-state index in [2.05, 4.69) is 54.2 Å². The standard InChI is InChI=1S/C15H24N2.C2H6/c1-16-11-9-15(10-12-16)17(2)13-8-14-6-4-3-5-7-14;1-2/h3-7,15H,8-13H2,1-2H3;1-2H3. The normalized spacial score (nSPS) is 17.1. The molecule has 0 unspecified atom stereocenters. The van der Waals surface area contributed by atoms with E-state index in [1.165, 1.54) is 44.5 Å². The molecule has 1 saturated heterocycles. The van der Waals surface area contributed by atoms with E-state index in [1.54, 1.807) is 0 Å². The highest BCUT2D eigenvalue weighted by Crippen LogP contribution is 2.14. The molecule has 1 heterocycles. The van der Waals surface area contributed by atoms with Crippen molar-refractivity contribution in [2.45, 2.75) is 39.2 Å². The van der Waals surface area contributed by atoms with E-state index in [1.807, 2.05) is 13.8 Å². The number of piperidine rings is 1. The van der Waals surface area contributed by atoms with E-state index in [-0.39, 0.29) is 0 Å². The van der Waals surface area contributed by atoms with Crippen LogP contribution in [-0.2, 0) is 6.42 Å². The van der Waals surface area contributed by atoms with Gasteiger partial charge in [0.25, 0.3) is 0 Å². The third-order valence-electron chi connectivity index (χ3n) is 3.91. The molecule has 0 spiro atoms. The Bertz CT molecular complexity index is 315. The molecule has 0 radical (unpaired) electrons. The summed E-state index contributed by atoms with van der Waals surface area (Å²) in [5, 5.41) is 0. The van der Waals surface area contributed by atoms with E-state index in [0.29, 0.717) is 0 Å². The Kier molecular flexibility index (Phi) is 7.76. The molecule has 108 valence electrons. The quantitative estimate of drug-likeness (QED) is 0.821. The van der Waals surface area contributed by atoms with Crippen molar-refractivity contribution >= 4 is 0 Å². The van der Waals surface area contributed by atoms with Gasteiger partial charge in [-0.2, -0.15) is 0 Å². The number of hydrogen-bond donors (Lipinski definition) is 0. The number of rotatable bonds is 4. The summed E-state index contributed by atoms with van der Waals surface area (Å²) in [6, 6.07) is 11.6. The van der Waals surface area contributed by atoms with Crippen LogP contribution in [0, 0.1) is 0 Å². The van der Waals surface area contributed by atoms with Crippen molar-refractivity contribution in [3.8, 4) is 0 Å². The molecule has 0 bridgehead atoms. The highest BCUT2D eigenvalue weighted by atomic mass is 15.2. The summed E-state index contributed by atoms with van der Waals surface area (Å²) in [4.78, 5) is 4.97. The predicted molar refractivity (Wildman–Crippen MR) is 84.6 cm³/mol. The average Bonchev–Trinajstić information content (AvgIpc) is 2.49. The van der Waals surface area contributed by atoms with E-state index >= 15 is 0 Å². The topological polar surface area (TPSA) is 6.48 Å². The van der Waals surface area contributed by atoms with Crippen molar-refractivity contribution in [2.24, 2.45) is 0 Å². The van der Waals surface area contributed by atoms with Gasteiger partial charge in [0.15, 0.2) is 0 Å². The Morgan fingerprint density at radius 2 is 1.68 bits per heavy atom. The molecule has 0 amide bonds. The van der Waals surface area contributed by atoms with Crippen LogP contribution < -0.4 is 0 Å². The van der Waals surface area contributed by atoms with Crippen LogP contribution in [0.4, 0.5) is 0 Å². The second-order valence-electron chi connectivity index (χ2n) is 5.25. The zero-order valence-electron chi connectivity index (χ0n) is 13.1. The molecule has 1 aliphatic heterocycles. The van der Waals surface area contributed by atoms with Crippen LogP contribution in [0.1, 0.15) is 32.3 Å². The zero-order chi connectivity index (χ0) is 14.1. The van der Waals surface area contributed by atoms with Gasteiger partial charge in [-0.3, -0.25) is 0 Å². The number of nitrogens with zero attached hydrogens (tertiary/aromatic N) is 2. The molecule has 1 fully saturated rings. The fraction of sp³-hybridized carbons (Fsp3) is 0.647. The van der Waals surface area contributed by atoms with Gasteiger partial charge in [-0.25, -0.2) is 0 Å². The lowest BCUT2D eigenvalue weighted by atomic mass is 10.0. The third-order valence-corrected chi connectivity index (χ3v) is 3.91. The minimum absolute atomic E-state index is 0.787. The highest BCUT2D eigenvalue weighted by molar-refractivity contribution is 5.14. The molecule has 1 aromatic rings. The summed E-state index contributed by atoms with van der Waals surface area (Å²) in [7, 11) is 4.50. The monoisotopic (exact) mass is 262 g/mol. The van der Waals surface area contributed by atoms with Crippen molar-refractivity contribution in [1.82, 2.24) is 9.80 Å². The van der Waals surface area contributed by atoms with Gasteiger partial charge in [0.1, 0.15) is 0 Å². The highest BCUT2D eigenvalue weighted by Gasteiger charge is 2.19. The van der Waals surface area contributed by atoms with Gasteiger partial charge < -0.3 is 9.80 Å². The summed E-state index contributed by atoms with van der Waals surface area (Å²) in [6.07, 6.45) is 3.81. The van der Waals surface area contributed by atoms with E-state index < -0.39 is 0 Å². The molecule has 2 heteroatoms. The molecule has 19 heavy (non-hydrogen) atoms. The van der Waals surface area contributed by atoms with Crippen molar-refractivity contribution in [3.63, 3.8) is 0 Å². The summed E-state index contributed by atoms with van der Waals surface area (Å²) >= 11 is 0. The van der Waals surface area contributed by atoms with Crippen LogP contribution >= 0.6 is 0 Å².